The molecule has 30 nitrogen and oxygen atoms in total. The van der Waals surface area contributed by atoms with Crippen LogP contribution in [0.4, 0.5) is 0 Å². The molecule has 5 fully saturated rings. The molecule has 13 unspecified atom stereocenters. The molecule has 0 spiro atoms. The predicted octanol–water partition coefficient (Wildman–Crippen LogP) is -4.49. The Kier molecular flexibility index (Phi) is 28.5. The van der Waals surface area contributed by atoms with Crippen molar-refractivity contribution in [1.29, 1.82) is 0 Å². The van der Waals surface area contributed by atoms with Crippen LogP contribution in [-0.4, -0.2) is 272 Å². The molecule has 25 atom stereocenters. The molecule has 0 bridgehead atoms. The van der Waals surface area contributed by atoms with Crippen LogP contribution in [0.1, 0.15) is 103 Å². The molecule has 6 rings (SSSR count). The number of aliphatic hydroxyl groups is 11. The Balaban J connectivity index is 1.18. The van der Waals surface area contributed by atoms with Gasteiger partial charge in [-0.15, -0.1) is 0 Å². The number of amides is 5. The zero-order chi connectivity index (χ0) is 64.5. The Morgan fingerprint density at radius 3 is 1.39 bits per heavy atom. The second-order valence-electron chi connectivity index (χ2n) is 23.0. The average molecular weight is 1260 g/mol. The zero-order valence-corrected chi connectivity index (χ0v) is 50.4. The van der Waals surface area contributed by atoms with Crippen molar-refractivity contribution in [1.82, 2.24) is 26.6 Å². The van der Waals surface area contributed by atoms with Crippen molar-refractivity contribution < 1.29 is 123 Å². The van der Waals surface area contributed by atoms with Gasteiger partial charge in [0.15, 0.2) is 18.9 Å². The molecule has 88 heavy (non-hydrogen) atoms. The van der Waals surface area contributed by atoms with Crippen LogP contribution in [0.2, 0.25) is 0 Å². The second-order valence-corrected chi connectivity index (χ2v) is 23.0. The van der Waals surface area contributed by atoms with Crippen LogP contribution < -0.4 is 31.3 Å². The average Bonchev–Trinajstić information content (AvgIpc) is 1.44. The van der Waals surface area contributed by atoms with E-state index in [1.807, 2.05) is 0 Å². The summed E-state index contributed by atoms with van der Waals surface area (Å²) >= 11 is 0. The predicted molar refractivity (Wildman–Crippen MR) is 304 cm³/mol. The maximum absolute atomic E-state index is 13.9. The van der Waals surface area contributed by atoms with E-state index in [4.69, 9.17) is 42.6 Å². The summed E-state index contributed by atoms with van der Waals surface area (Å²) in [4.78, 5) is 64.4. The summed E-state index contributed by atoms with van der Waals surface area (Å²) in [5.41, 5.74) is 0.119. The van der Waals surface area contributed by atoms with Gasteiger partial charge >= 0.3 is 0 Å². The topological polar surface area (TPSA) is 451 Å². The van der Waals surface area contributed by atoms with Crippen LogP contribution in [0, 0.1) is 5.92 Å². The fourth-order valence-corrected chi connectivity index (χ4v) is 11.9. The van der Waals surface area contributed by atoms with E-state index in [9.17, 15) is 80.1 Å². The van der Waals surface area contributed by atoms with E-state index in [0.29, 0.717) is 12.4 Å². The fraction of sp³-hybridized carbons (Fsp3) is 0.776. The molecule has 30 heteroatoms. The lowest BCUT2D eigenvalue weighted by Gasteiger charge is -2.51. The third kappa shape index (κ3) is 18.8. The SMILES string of the molecule is CCCCCC/C=C\CCCOc1cccc(C(=O)N[C@@H]2C(O[C@H]3C(O)C(NC(C)=O)C(OC4C(CO)O[C@@H](O[C@H]5C(O)C(NC(C)=O)C(OC6C(CO)OC(C)[C@@H](NC(C)=O)[C@H]6O)O[C@H]5CO)[C@@H](NC(C)=O)[C@H]4O)O[C@H]3CO)CC(CO)[C@@H](O)[C@@H]2O)c1. The minimum absolute atomic E-state index is 0.119. The minimum atomic E-state index is -1.99. The van der Waals surface area contributed by atoms with Crippen LogP contribution in [-0.2, 0) is 57.1 Å². The van der Waals surface area contributed by atoms with Gasteiger partial charge in [-0.1, -0.05) is 44.4 Å². The second kappa shape index (κ2) is 34.7. The van der Waals surface area contributed by atoms with Crippen LogP contribution in [0.15, 0.2) is 36.4 Å². The number of carbonyl (C=O) groups excluding carboxylic acids is 5. The number of rotatable bonds is 29. The fourth-order valence-electron chi connectivity index (χ4n) is 11.9. The van der Waals surface area contributed by atoms with Gasteiger partial charge in [0.25, 0.3) is 5.91 Å². The van der Waals surface area contributed by atoms with Crippen molar-refractivity contribution in [2.24, 2.45) is 5.92 Å². The smallest absolute Gasteiger partial charge is 0.251 e. The number of aliphatic hydroxyl groups excluding tert-OH is 11. The lowest BCUT2D eigenvalue weighted by Crippen LogP contribution is -2.72. The van der Waals surface area contributed by atoms with E-state index in [1.165, 1.54) is 38.3 Å². The van der Waals surface area contributed by atoms with Gasteiger partial charge < -0.3 is 125 Å². The molecule has 1 saturated carbocycles. The molecule has 1 aromatic rings. The molecule has 1 aromatic carbocycles. The van der Waals surface area contributed by atoms with Gasteiger partial charge in [-0.3, -0.25) is 24.0 Å². The molecule has 500 valence electrons. The molecule has 5 aliphatic rings. The van der Waals surface area contributed by atoms with Crippen LogP contribution in [0.3, 0.4) is 0 Å². The highest BCUT2D eigenvalue weighted by molar-refractivity contribution is 5.94. The first-order valence-corrected chi connectivity index (χ1v) is 30.1. The quantitative estimate of drug-likeness (QED) is 0.0266. The molecular weight excluding hydrogens is 1170 g/mol. The first kappa shape index (κ1) is 72.4. The van der Waals surface area contributed by atoms with E-state index < -0.39 is 215 Å². The number of hydrogen-bond acceptors (Lipinski definition) is 25. The number of allylic oxidation sites excluding steroid dienone is 2. The standard InChI is InChI=1S/C58H93N5O25/c1-7-8-9-10-11-12-13-14-15-19-80-34-18-16-17-32(20-34)55(79)63-41-35(21-33(22-64)45(73)46(41)74)82-51-37(24-66)83-56(42(48(51)76)60-29(4)70)87-53-39(26-68)85-58(44(50(53)78)62-31(6)72)88-54-38(25-67)84-57(43(49(54)77)61-30(5)71)86-52-36(23-65)81-27(2)40(47(52)75)59-28(3)69/h12-13,16-18,20,27,33,35-54,56-58,64-68,73-78H,7-11,14-15,19,21-26H2,1-6H3,(H,59,69)(H,60,70)(H,61,71)(H,62,72)(H,63,79)/b13-12-/t27?,33?,35?,36?,37-,38-,39?,40+,41+,42?,43?,44-,45+,46+,47+,48?,49?,50+,51+,52?,53?,54+,56?,57?,58-/m0/s1. The number of ether oxygens (including phenoxy) is 9. The number of benzene rings is 1. The van der Waals surface area contributed by atoms with Crippen molar-refractivity contribution in [3.8, 4) is 5.75 Å². The zero-order valence-electron chi connectivity index (χ0n) is 50.4. The largest absolute Gasteiger partial charge is 0.494 e. The maximum atomic E-state index is 13.9. The summed E-state index contributed by atoms with van der Waals surface area (Å²) in [6.07, 6.45) is -19.7. The van der Waals surface area contributed by atoms with Crippen molar-refractivity contribution >= 4 is 29.5 Å². The van der Waals surface area contributed by atoms with Crippen LogP contribution >= 0.6 is 0 Å². The Morgan fingerprint density at radius 2 is 0.943 bits per heavy atom. The Bertz CT molecular complexity index is 2400. The van der Waals surface area contributed by atoms with Gasteiger partial charge in [0, 0.05) is 45.8 Å². The van der Waals surface area contributed by atoms with E-state index >= 15 is 0 Å². The summed E-state index contributed by atoms with van der Waals surface area (Å²) < 4.78 is 55.1. The van der Waals surface area contributed by atoms with Gasteiger partial charge in [-0.05, 0) is 57.2 Å². The highest BCUT2D eigenvalue weighted by Gasteiger charge is 2.57. The molecule has 1 aliphatic carbocycles. The number of nitrogens with one attached hydrogen (secondary N) is 5. The van der Waals surface area contributed by atoms with Crippen LogP contribution in [0.25, 0.3) is 0 Å². The third-order valence-electron chi connectivity index (χ3n) is 16.3. The summed E-state index contributed by atoms with van der Waals surface area (Å²) in [5.74, 6) is -4.16. The van der Waals surface area contributed by atoms with Gasteiger partial charge in [0.05, 0.1) is 63.4 Å². The van der Waals surface area contributed by atoms with Gasteiger partial charge in [-0.2, -0.15) is 0 Å². The first-order chi connectivity index (χ1) is 42.0. The molecule has 0 aromatic heterocycles. The van der Waals surface area contributed by atoms with Gasteiger partial charge in [0.1, 0.15) is 103 Å². The molecule has 5 amide bonds. The minimum Gasteiger partial charge on any atom is -0.494 e. The lowest BCUT2D eigenvalue weighted by molar-refractivity contribution is -0.361. The molecule has 0 radical (unpaired) electrons. The first-order valence-electron chi connectivity index (χ1n) is 30.1. The van der Waals surface area contributed by atoms with Crippen molar-refractivity contribution in [3.05, 3.63) is 42.0 Å². The van der Waals surface area contributed by atoms with E-state index in [1.54, 1.807) is 19.1 Å². The number of carbonyl (C=O) groups is 5. The van der Waals surface area contributed by atoms with Crippen molar-refractivity contribution in [2.45, 2.75) is 240 Å². The summed E-state index contributed by atoms with van der Waals surface area (Å²) in [5, 5.41) is 136. The summed E-state index contributed by atoms with van der Waals surface area (Å²) in [6, 6.07) is -1.16. The number of hydrogen-bond donors (Lipinski definition) is 16. The van der Waals surface area contributed by atoms with Crippen LogP contribution in [0.5, 0.6) is 5.75 Å². The van der Waals surface area contributed by atoms with E-state index in [-0.39, 0.29) is 12.0 Å². The number of unbranched alkanes of at least 4 members (excludes halogenated alkanes) is 5. The summed E-state index contributed by atoms with van der Waals surface area (Å²) in [6.45, 7) is 4.34. The van der Waals surface area contributed by atoms with E-state index in [2.05, 4.69) is 45.7 Å². The van der Waals surface area contributed by atoms with Crippen molar-refractivity contribution in [2.75, 3.05) is 39.6 Å². The van der Waals surface area contributed by atoms with Crippen molar-refractivity contribution in [3.63, 3.8) is 0 Å². The molecule has 4 aliphatic heterocycles. The highest BCUT2D eigenvalue weighted by atomic mass is 16.8. The van der Waals surface area contributed by atoms with Gasteiger partial charge in [-0.25, -0.2) is 0 Å². The molecular formula is C58H93N5O25. The van der Waals surface area contributed by atoms with Gasteiger partial charge in [0.2, 0.25) is 23.6 Å². The molecule has 4 heterocycles. The Labute approximate surface area is 510 Å². The summed E-state index contributed by atoms with van der Waals surface area (Å²) in [7, 11) is 0. The maximum Gasteiger partial charge on any atom is 0.251 e. The normalized spacial score (nSPS) is 37.8. The molecule has 16 N–H and O–H groups in total. The monoisotopic (exact) mass is 1260 g/mol. The molecule has 4 saturated heterocycles. The third-order valence-corrected chi connectivity index (χ3v) is 16.3. The van der Waals surface area contributed by atoms with E-state index in [0.717, 1.165) is 46.5 Å². The Morgan fingerprint density at radius 1 is 0.511 bits per heavy atom. The lowest BCUT2D eigenvalue weighted by atomic mass is 9.79. The Hall–Kier alpha value is -4.65. The highest BCUT2D eigenvalue weighted by Crippen LogP contribution is 2.37.